The first-order chi connectivity index (χ1) is 15.1. The van der Waals surface area contributed by atoms with Gasteiger partial charge in [0.1, 0.15) is 5.82 Å². The third-order valence-corrected chi connectivity index (χ3v) is 5.13. The van der Waals surface area contributed by atoms with E-state index in [0.29, 0.717) is 55.2 Å². The molecule has 0 N–H and O–H groups in total. The minimum Gasteiger partial charge on any atom is -0.450 e. The molecule has 8 heteroatoms. The Kier molecular flexibility index (Phi) is 5.97. The summed E-state index contributed by atoms with van der Waals surface area (Å²) in [6.07, 6.45) is 1.09. The number of carbonyl (C=O) groups excluding carboxylic acids is 2. The van der Waals surface area contributed by atoms with Crippen molar-refractivity contribution in [1.82, 2.24) is 14.8 Å². The van der Waals surface area contributed by atoms with Crippen molar-refractivity contribution in [3.63, 3.8) is 0 Å². The summed E-state index contributed by atoms with van der Waals surface area (Å²) in [4.78, 5) is 32.6. The first kappa shape index (κ1) is 20.6. The summed E-state index contributed by atoms with van der Waals surface area (Å²) in [6, 6.07) is 13.3. The molecule has 1 fully saturated rings. The van der Waals surface area contributed by atoms with Crippen molar-refractivity contribution < 1.29 is 23.1 Å². The summed E-state index contributed by atoms with van der Waals surface area (Å²) in [5.41, 5.74) is 1.28. The van der Waals surface area contributed by atoms with Gasteiger partial charge in [-0.1, -0.05) is 24.3 Å². The maximum Gasteiger partial charge on any atom is 0.409 e. The van der Waals surface area contributed by atoms with Gasteiger partial charge in [0, 0.05) is 31.7 Å². The van der Waals surface area contributed by atoms with Crippen LogP contribution in [0.1, 0.15) is 17.3 Å². The molecular formula is C23H22FN3O4. The van der Waals surface area contributed by atoms with Crippen LogP contribution in [0.5, 0.6) is 0 Å². The van der Waals surface area contributed by atoms with Gasteiger partial charge in [-0.05, 0) is 31.2 Å². The Labute approximate surface area is 179 Å². The molecule has 7 nitrogen and oxygen atoms in total. The summed E-state index contributed by atoms with van der Waals surface area (Å²) in [5, 5.41) is 0. The van der Waals surface area contributed by atoms with E-state index in [4.69, 9.17) is 9.15 Å². The number of hydrogen-bond donors (Lipinski definition) is 0. The Bertz CT molecular complexity index is 1090. The minimum atomic E-state index is -0.408. The molecule has 3 aromatic rings. The number of piperazine rings is 1. The highest BCUT2D eigenvalue weighted by atomic mass is 19.1. The van der Waals surface area contributed by atoms with Gasteiger partial charge in [0.25, 0.3) is 5.91 Å². The second-order valence-corrected chi connectivity index (χ2v) is 7.03. The zero-order valence-electron chi connectivity index (χ0n) is 17.1. The number of oxazole rings is 1. The largest absolute Gasteiger partial charge is 0.450 e. The van der Waals surface area contributed by atoms with E-state index >= 15 is 0 Å². The average Bonchev–Trinajstić information content (AvgIpc) is 3.29. The van der Waals surface area contributed by atoms with Crippen LogP contribution in [0.3, 0.4) is 0 Å². The fourth-order valence-corrected chi connectivity index (χ4v) is 3.52. The van der Waals surface area contributed by atoms with Gasteiger partial charge in [-0.2, -0.15) is 0 Å². The van der Waals surface area contributed by atoms with E-state index in [1.54, 1.807) is 59.2 Å². The summed E-state index contributed by atoms with van der Waals surface area (Å²) >= 11 is 0. The standard InChI is InChI=1S/C23H22FN3O4/c1-2-30-23(29)27-13-11-26(12-14-27)22(28)17-8-4-3-7-16(17)21-25-15-20(31-21)18-9-5-6-10-19(18)24/h3-10,15H,2,11-14H2,1H3. The van der Waals surface area contributed by atoms with Crippen molar-refractivity contribution in [2.75, 3.05) is 32.8 Å². The molecule has 0 bridgehead atoms. The third kappa shape index (κ3) is 4.28. The number of amides is 2. The normalized spacial score (nSPS) is 13.9. The van der Waals surface area contributed by atoms with Crippen molar-refractivity contribution >= 4 is 12.0 Å². The van der Waals surface area contributed by atoms with Gasteiger partial charge in [0.15, 0.2) is 5.76 Å². The highest BCUT2D eigenvalue weighted by Gasteiger charge is 2.27. The SMILES string of the molecule is CCOC(=O)N1CCN(C(=O)c2ccccc2-c2ncc(-c3ccccc3F)o2)CC1. The number of nitrogens with zero attached hydrogens (tertiary/aromatic N) is 3. The zero-order valence-corrected chi connectivity index (χ0v) is 17.1. The number of carbonyl (C=O) groups is 2. The van der Waals surface area contributed by atoms with E-state index < -0.39 is 5.82 Å². The van der Waals surface area contributed by atoms with Crippen LogP contribution in [0, 0.1) is 5.82 Å². The summed E-state index contributed by atoms with van der Waals surface area (Å²) in [6.45, 7) is 3.69. The van der Waals surface area contributed by atoms with Crippen LogP contribution < -0.4 is 0 Å². The van der Waals surface area contributed by atoms with E-state index in [9.17, 15) is 14.0 Å². The molecule has 2 aromatic carbocycles. The maximum absolute atomic E-state index is 14.1. The van der Waals surface area contributed by atoms with Crippen LogP contribution in [-0.2, 0) is 4.74 Å². The molecule has 1 aliphatic rings. The highest BCUT2D eigenvalue weighted by Crippen LogP contribution is 2.30. The second kappa shape index (κ2) is 8.99. The third-order valence-electron chi connectivity index (χ3n) is 5.13. The number of rotatable bonds is 4. The molecule has 2 heterocycles. The second-order valence-electron chi connectivity index (χ2n) is 7.03. The van der Waals surface area contributed by atoms with Crippen LogP contribution >= 0.6 is 0 Å². The first-order valence-electron chi connectivity index (χ1n) is 10.1. The summed E-state index contributed by atoms with van der Waals surface area (Å²) < 4.78 is 24.9. The van der Waals surface area contributed by atoms with Crippen molar-refractivity contribution in [1.29, 1.82) is 0 Å². The average molecular weight is 423 g/mol. The van der Waals surface area contributed by atoms with Crippen molar-refractivity contribution in [3.05, 3.63) is 66.1 Å². The lowest BCUT2D eigenvalue weighted by atomic mass is 10.1. The van der Waals surface area contributed by atoms with E-state index in [1.165, 1.54) is 12.3 Å². The van der Waals surface area contributed by atoms with E-state index in [1.807, 2.05) is 0 Å². The van der Waals surface area contributed by atoms with E-state index in [2.05, 4.69) is 4.98 Å². The predicted molar refractivity (Wildman–Crippen MR) is 112 cm³/mol. The van der Waals surface area contributed by atoms with Gasteiger partial charge in [-0.3, -0.25) is 4.79 Å². The monoisotopic (exact) mass is 423 g/mol. The van der Waals surface area contributed by atoms with Crippen molar-refractivity contribution in [3.8, 4) is 22.8 Å². The molecule has 0 atom stereocenters. The molecule has 0 aliphatic carbocycles. The Hall–Kier alpha value is -3.68. The Balaban J connectivity index is 1.54. The fourth-order valence-electron chi connectivity index (χ4n) is 3.52. The van der Waals surface area contributed by atoms with Crippen LogP contribution in [0.4, 0.5) is 9.18 Å². The van der Waals surface area contributed by atoms with Gasteiger partial charge in [-0.15, -0.1) is 0 Å². The number of hydrogen-bond acceptors (Lipinski definition) is 5. The molecule has 4 rings (SSSR count). The molecule has 160 valence electrons. The van der Waals surface area contributed by atoms with E-state index in [0.717, 1.165) is 0 Å². The van der Waals surface area contributed by atoms with E-state index in [-0.39, 0.29) is 17.9 Å². The summed E-state index contributed by atoms with van der Waals surface area (Å²) in [7, 11) is 0. The van der Waals surface area contributed by atoms with Gasteiger partial charge in [0.05, 0.1) is 23.9 Å². The molecular weight excluding hydrogens is 401 g/mol. The van der Waals surface area contributed by atoms with Crippen LogP contribution in [0.2, 0.25) is 0 Å². The fraction of sp³-hybridized carbons (Fsp3) is 0.261. The topological polar surface area (TPSA) is 75.9 Å². The van der Waals surface area contributed by atoms with Crippen LogP contribution in [0.25, 0.3) is 22.8 Å². The lowest BCUT2D eigenvalue weighted by Gasteiger charge is -2.34. The quantitative estimate of drug-likeness (QED) is 0.633. The maximum atomic E-state index is 14.1. The minimum absolute atomic E-state index is 0.176. The molecule has 0 spiro atoms. The Morgan fingerprint density at radius 1 is 1.00 bits per heavy atom. The lowest BCUT2D eigenvalue weighted by molar-refractivity contribution is 0.0571. The zero-order chi connectivity index (χ0) is 21.8. The number of benzene rings is 2. The van der Waals surface area contributed by atoms with Gasteiger partial charge in [0.2, 0.25) is 5.89 Å². The molecule has 1 aromatic heterocycles. The van der Waals surface area contributed by atoms with Crippen LogP contribution in [0.15, 0.2) is 59.1 Å². The van der Waals surface area contributed by atoms with Gasteiger partial charge in [-0.25, -0.2) is 14.2 Å². The molecule has 31 heavy (non-hydrogen) atoms. The number of ether oxygens (including phenoxy) is 1. The van der Waals surface area contributed by atoms with Crippen molar-refractivity contribution in [2.24, 2.45) is 0 Å². The highest BCUT2D eigenvalue weighted by molar-refractivity contribution is 6.00. The molecule has 1 saturated heterocycles. The first-order valence-corrected chi connectivity index (χ1v) is 10.1. The predicted octanol–water partition coefficient (Wildman–Crippen LogP) is 4.06. The molecule has 0 radical (unpaired) electrons. The molecule has 0 unspecified atom stereocenters. The Morgan fingerprint density at radius 2 is 1.65 bits per heavy atom. The number of halogens is 1. The Morgan fingerprint density at radius 3 is 2.35 bits per heavy atom. The van der Waals surface area contributed by atoms with Crippen LogP contribution in [-0.4, -0.2) is 59.6 Å². The molecule has 0 saturated carbocycles. The molecule has 2 amide bonds. The number of aromatic nitrogens is 1. The summed E-state index contributed by atoms with van der Waals surface area (Å²) in [5.74, 6) is -0.0513. The lowest BCUT2D eigenvalue weighted by Crippen LogP contribution is -2.50. The smallest absolute Gasteiger partial charge is 0.409 e. The van der Waals surface area contributed by atoms with Crippen molar-refractivity contribution in [2.45, 2.75) is 6.92 Å². The van der Waals surface area contributed by atoms with Gasteiger partial charge >= 0.3 is 6.09 Å². The van der Waals surface area contributed by atoms with Gasteiger partial charge < -0.3 is 19.0 Å². The molecule has 1 aliphatic heterocycles.